The van der Waals surface area contributed by atoms with E-state index in [2.05, 4.69) is 10.4 Å². The van der Waals surface area contributed by atoms with E-state index < -0.39 is 11.6 Å². The lowest BCUT2D eigenvalue weighted by Crippen LogP contribution is -2.69. The highest BCUT2D eigenvalue weighted by Crippen LogP contribution is 2.45. The number of amides is 2. The molecule has 0 aromatic carbocycles. The van der Waals surface area contributed by atoms with Gasteiger partial charge in [-0.3, -0.25) is 14.3 Å². The Kier molecular flexibility index (Phi) is 3.07. The van der Waals surface area contributed by atoms with E-state index in [9.17, 15) is 9.59 Å². The fourth-order valence-electron chi connectivity index (χ4n) is 3.26. The summed E-state index contributed by atoms with van der Waals surface area (Å²) in [6, 6.07) is 1.51. The molecule has 2 unspecified atom stereocenters. The van der Waals surface area contributed by atoms with Crippen molar-refractivity contribution < 1.29 is 9.59 Å². The van der Waals surface area contributed by atoms with Gasteiger partial charge in [0.25, 0.3) is 0 Å². The maximum Gasteiger partial charge on any atom is 0.246 e. The molecule has 2 heterocycles. The van der Waals surface area contributed by atoms with E-state index >= 15 is 0 Å². The Balaban J connectivity index is 1.96. The van der Waals surface area contributed by atoms with Crippen molar-refractivity contribution in [3.05, 3.63) is 17.5 Å². The summed E-state index contributed by atoms with van der Waals surface area (Å²) in [5.74, 6) is 0.224. The summed E-state index contributed by atoms with van der Waals surface area (Å²) >= 11 is 0. The SMILES string of the molecule is Cc1cc(CN2C(=O)C(C)NC(=O)C2(C)C2CC2)n(C)n1. The molecular formula is C15H22N4O2. The van der Waals surface area contributed by atoms with E-state index in [0.717, 1.165) is 24.2 Å². The minimum atomic E-state index is -0.734. The number of carbonyl (C=O) groups is 2. The van der Waals surface area contributed by atoms with E-state index in [1.54, 1.807) is 16.5 Å². The second kappa shape index (κ2) is 4.58. The van der Waals surface area contributed by atoms with Crippen LogP contribution in [0.5, 0.6) is 0 Å². The molecule has 2 fully saturated rings. The maximum absolute atomic E-state index is 12.6. The summed E-state index contributed by atoms with van der Waals surface area (Å²) in [7, 11) is 1.87. The first-order chi connectivity index (χ1) is 9.84. The molecule has 1 aromatic heterocycles. The van der Waals surface area contributed by atoms with Crippen LogP contribution in [-0.2, 0) is 23.2 Å². The molecule has 1 aliphatic heterocycles. The average molecular weight is 290 g/mol. The average Bonchev–Trinajstić information content (AvgIpc) is 3.20. The number of nitrogens with one attached hydrogen (secondary N) is 1. The summed E-state index contributed by atoms with van der Waals surface area (Å²) in [6.45, 7) is 6.00. The molecular weight excluding hydrogens is 268 g/mol. The van der Waals surface area contributed by atoms with Crippen molar-refractivity contribution >= 4 is 11.8 Å². The molecule has 1 aliphatic carbocycles. The van der Waals surface area contributed by atoms with Gasteiger partial charge in [-0.2, -0.15) is 5.10 Å². The lowest BCUT2D eigenvalue weighted by atomic mass is 9.88. The predicted molar refractivity (Wildman–Crippen MR) is 77.2 cm³/mol. The normalized spacial score (nSPS) is 29.7. The van der Waals surface area contributed by atoms with Gasteiger partial charge in [-0.15, -0.1) is 0 Å². The van der Waals surface area contributed by atoms with E-state index in [1.807, 2.05) is 27.0 Å². The van der Waals surface area contributed by atoms with Gasteiger partial charge in [-0.25, -0.2) is 0 Å². The van der Waals surface area contributed by atoms with Crippen molar-refractivity contribution in [1.29, 1.82) is 0 Å². The molecule has 1 N–H and O–H groups in total. The van der Waals surface area contributed by atoms with Gasteiger partial charge in [0.2, 0.25) is 11.8 Å². The van der Waals surface area contributed by atoms with Crippen molar-refractivity contribution in [2.45, 2.75) is 51.7 Å². The van der Waals surface area contributed by atoms with E-state index in [4.69, 9.17) is 0 Å². The van der Waals surface area contributed by atoms with Gasteiger partial charge in [-0.05, 0) is 45.6 Å². The van der Waals surface area contributed by atoms with Gasteiger partial charge >= 0.3 is 0 Å². The first kappa shape index (κ1) is 14.1. The van der Waals surface area contributed by atoms with Crippen LogP contribution in [0.4, 0.5) is 0 Å². The zero-order chi connectivity index (χ0) is 15.4. The van der Waals surface area contributed by atoms with Crippen molar-refractivity contribution in [3.63, 3.8) is 0 Å². The Bertz CT molecular complexity index is 605. The molecule has 2 atom stereocenters. The molecule has 1 aromatic rings. The molecule has 6 heteroatoms. The molecule has 1 saturated heterocycles. The molecule has 0 bridgehead atoms. The van der Waals surface area contributed by atoms with Crippen molar-refractivity contribution in [2.75, 3.05) is 0 Å². The molecule has 2 amide bonds. The maximum atomic E-state index is 12.6. The molecule has 1 saturated carbocycles. The van der Waals surface area contributed by atoms with Gasteiger partial charge in [0.1, 0.15) is 11.6 Å². The van der Waals surface area contributed by atoms with Crippen LogP contribution in [0.2, 0.25) is 0 Å². The fourth-order valence-corrected chi connectivity index (χ4v) is 3.26. The van der Waals surface area contributed by atoms with E-state index in [0.29, 0.717) is 6.54 Å². The van der Waals surface area contributed by atoms with E-state index in [-0.39, 0.29) is 17.7 Å². The highest BCUT2D eigenvalue weighted by atomic mass is 16.2. The number of aryl methyl sites for hydroxylation is 2. The third kappa shape index (κ3) is 2.13. The third-order valence-corrected chi connectivity index (χ3v) is 4.80. The first-order valence-corrected chi connectivity index (χ1v) is 7.46. The van der Waals surface area contributed by atoms with Crippen LogP contribution in [0.15, 0.2) is 6.07 Å². The van der Waals surface area contributed by atoms with Gasteiger partial charge in [0, 0.05) is 7.05 Å². The zero-order valence-corrected chi connectivity index (χ0v) is 13.0. The van der Waals surface area contributed by atoms with Crippen molar-refractivity contribution in [2.24, 2.45) is 13.0 Å². The topological polar surface area (TPSA) is 67.2 Å². The fraction of sp³-hybridized carbons (Fsp3) is 0.667. The van der Waals surface area contributed by atoms with Gasteiger partial charge < -0.3 is 10.2 Å². The molecule has 0 radical (unpaired) electrons. The second-order valence-corrected chi connectivity index (χ2v) is 6.44. The van der Waals surface area contributed by atoms with Crippen LogP contribution in [0.25, 0.3) is 0 Å². The largest absolute Gasteiger partial charge is 0.343 e. The number of aromatic nitrogens is 2. The minimum absolute atomic E-state index is 0.0112. The monoisotopic (exact) mass is 290 g/mol. The van der Waals surface area contributed by atoms with E-state index in [1.165, 1.54) is 0 Å². The van der Waals surface area contributed by atoms with Crippen molar-refractivity contribution in [1.82, 2.24) is 20.0 Å². The lowest BCUT2D eigenvalue weighted by molar-refractivity contribution is -0.158. The first-order valence-electron chi connectivity index (χ1n) is 7.46. The third-order valence-electron chi connectivity index (χ3n) is 4.80. The molecule has 6 nitrogen and oxygen atoms in total. The lowest BCUT2D eigenvalue weighted by Gasteiger charge is -2.46. The molecule has 3 rings (SSSR count). The van der Waals surface area contributed by atoms with Gasteiger partial charge in [0.15, 0.2) is 0 Å². The summed E-state index contributed by atoms with van der Waals surface area (Å²) < 4.78 is 1.78. The molecule has 21 heavy (non-hydrogen) atoms. The Morgan fingerprint density at radius 3 is 2.62 bits per heavy atom. The standard InChI is InChI=1S/C15H22N4O2/c1-9-7-12(18(4)17-9)8-19-13(20)10(2)16-14(21)15(19,3)11-5-6-11/h7,10-11H,5-6,8H2,1-4H3,(H,16,21). The number of rotatable bonds is 3. The highest BCUT2D eigenvalue weighted by Gasteiger charge is 2.56. The number of carbonyl (C=O) groups excluding carboxylic acids is 2. The summed E-state index contributed by atoms with van der Waals surface area (Å²) in [4.78, 5) is 26.9. The summed E-state index contributed by atoms with van der Waals surface area (Å²) in [5, 5.41) is 7.15. The molecule has 114 valence electrons. The number of piperazine rings is 1. The van der Waals surface area contributed by atoms with Crippen LogP contribution in [0, 0.1) is 12.8 Å². The van der Waals surface area contributed by atoms with Crippen LogP contribution in [0.3, 0.4) is 0 Å². The smallest absolute Gasteiger partial charge is 0.246 e. The highest BCUT2D eigenvalue weighted by molar-refractivity contribution is 5.99. The van der Waals surface area contributed by atoms with Gasteiger partial charge in [0.05, 0.1) is 17.9 Å². The van der Waals surface area contributed by atoms with Crippen LogP contribution >= 0.6 is 0 Å². The minimum Gasteiger partial charge on any atom is -0.343 e. The Hall–Kier alpha value is -1.85. The van der Waals surface area contributed by atoms with Crippen molar-refractivity contribution in [3.8, 4) is 0 Å². The van der Waals surface area contributed by atoms with Gasteiger partial charge in [-0.1, -0.05) is 0 Å². The Labute approximate surface area is 124 Å². The second-order valence-electron chi connectivity index (χ2n) is 6.44. The van der Waals surface area contributed by atoms with Crippen LogP contribution in [0.1, 0.15) is 38.1 Å². The summed E-state index contributed by atoms with van der Waals surface area (Å²) in [5.41, 5.74) is 1.14. The zero-order valence-electron chi connectivity index (χ0n) is 13.0. The Morgan fingerprint density at radius 1 is 1.43 bits per heavy atom. The molecule has 2 aliphatic rings. The number of hydrogen-bond donors (Lipinski definition) is 1. The van der Waals surface area contributed by atoms with Crippen LogP contribution in [-0.4, -0.2) is 38.1 Å². The molecule has 0 spiro atoms. The van der Waals surface area contributed by atoms with Crippen LogP contribution < -0.4 is 5.32 Å². The Morgan fingerprint density at radius 2 is 2.10 bits per heavy atom. The predicted octanol–water partition coefficient (Wildman–Crippen LogP) is 0.744. The number of hydrogen-bond acceptors (Lipinski definition) is 3. The quantitative estimate of drug-likeness (QED) is 0.893. The summed E-state index contributed by atoms with van der Waals surface area (Å²) in [6.07, 6.45) is 2.01. The number of nitrogens with zero attached hydrogens (tertiary/aromatic N) is 3.